The summed E-state index contributed by atoms with van der Waals surface area (Å²) in [6, 6.07) is 26.1. The van der Waals surface area contributed by atoms with Crippen LogP contribution >= 0.6 is 0 Å². The largest absolute Gasteiger partial charge is 0.332 e. The minimum atomic E-state index is -0.598. The molecule has 6 nitrogen and oxygen atoms in total. The highest BCUT2D eigenvalue weighted by atomic mass is 16.2. The molecule has 2 aliphatic rings. The van der Waals surface area contributed by atoms with Gasteiger partial charge in [-0.15, -0.1) is 0 Å². The van der Waals surface area contributed by atoms with E-state index in [0.29, 0.717) is 22.7 Å². The molecule has 0 amide bonds. The molecule has 0 unspecified atom stereocenters. The number of benzene rings is 3. The topological polar surface area (TPSA) is 73.4 Å². The standard InChI is InChI=1S/C31H27N3O3/c1-33-29-26(30(36)34(2)31(33)37)24(25-27(32-29)22-13-6-7-14-23(22)28(25)35)21-17-15-20(16-18-21)12-8-11-19-9-4-3-5-10-19/h3-7,9-10,13-18,24-25H,8,11-12H2,1-2H3/t24-,25+/m1/s1. The van der Waals surface area contributed by atoms with E-state index in [0.717, 1.165) is 35.0 Å². The molecule has 2 atom stereocenters. The molecule has 0 radical (unpaired) electrons. The summed E-state index contributed by atoms with van der Waals surface area (Å²) in [5.74, 6) is -0.820. The van der Waals surface area contributed by atoms with Gasteiger partial charge in [-0.25, -0.2) is 9.79 Å². The van der Waals surface area contributed by atoms with Crippen LogP contribution in [0.5, 0.6) is 0 Å². The van der Waals surface area contributed by atoms with E-state index in [1.807, 2.05) is 42.5 Å². The van der Waals surface area contributed by atoms with Crippen molar-refractivity contribution in [3.8, 4) is 0 Å². The van der Waals surface area contributed by atoms with Gasteiger partial charge < -0.3 is 0 Å². The van der Waals surface area contributed by atoms with Gasteiger partial charge in [0.05, 0.1) is 17.2 Å². The normalized spacial score (nSPS) is 17.7. The Morgan fingerprint density at radius 1 is 0.703 bits per heavy atom. The van der Waals surface area contributed by atoms with Crippen molar-refractivity contribution < 1.29 is 4.79 Å². The van der Waals surface area contributed by atoms with Crippen LogP contribution in [0.15, 0.2) is 93.4 Å². The smallest absolute Gasteiger partial charge is 0.293 e. The Morgan fingerprint density at radius 2 is 1.32 bits per heavy atom. The summed E-state index contributed by atoms with van der Waals surface area (Å²) in [5, 5.41) is 0. The second-order valence-corrected chi connectivity index (χ2v) is 9.89. The Labute approximate surface area is 214 Å². The number of nitrogens with zero attached hydrogens (tertiary/aromatic N) is 3. The third-order valence-electron chi connectivity index (χ3n) is 7.70. The van der Waals surface area contributed by atoms with Crippen molar-refractivity contribution in [1.82, 2.24) is 9.13 Å². The summed E-state index contributed by atoms with van der Waals surface area (Å²) < 4.78 is 2.52. The molecule has 184 valence electrons. The molecule has 1 aliphatic carbocycles. The molecule has 0 saturated carbocycles. The minimum Gasteiger partial charge on any atom is -0.293 e. The second kappa shape index (κ2) is 8.96. The average Bonchev–Trinajstić information content (AvgIpc) is 3.22. The van der Waals surface area contributed by atoms with Crippen LogP contribution in [0.25, 0.3) is 0 Å². The summed E-state index contributed by atoms with van der Waals surface area (Å²) >= 11 is 0. The third-order valence-corrected chi connectivity index (χ3v) is 7.70. The SMILES string of the molecule is Cn1c2c(c(=O)n(C)c1=O)[C@H](c1ccc(CCCc3ccccc3)cc1)[C@@H]1C(=O)c3ccccc3C1=N2. The fourth-order valence-corrected chi connectivity index (χ4v) is 5.76. The van der Waals surface area contributed by atoms with E-state index in [1.165, 1.54) is 22.7 Å². The van der Waals surface area contributed by atoms with E-state index >= 15 is 0 Å². The number of ketones is 1. The molecule has 0 N–H and O–H groups in total. The molecule has 6 rings (SSSR count). The number of Topliss-reactive ketones (excluding diaryl/α,β-unsaturated/α-hetero) is 1. The highest BCUT2D eigenvalue weighted by Gasteiger charge is 2.47. The molecule has 1 aromatic heterocycles. The van der Waals surface area contributed by atoms with Gasteiger partial charge in [0.15, 0.2) is 5.78 Å². The first-order chi connectivity index (χ1) is 18.0. The molecule has 0 bridgehead atoms. The van der Waals surface area contributed by atoms with Crippen LogP contribution in [0, 0.1) is 5.92 Å². The summed E-state index contributed by atoms with van der Waals surface area (Å²) in [4.78, 5) is 44.6. The lowest BCUT2D eigenvalue weighted by molar-refractivity contribution is 0.0953. The lowest BCUT2D eigenvalue weighted by atomic mass is 9.76. The molecular weight excluding hydrogens is 462 g/mol. The van der Waals surface area contributed by atoms with Gasteiger partial charge in [-0.1, -0.05) is 78.9 Å². The monoisotopic (exact) mass is 489 g/mol. The summed E-state index contributed by atoms with van der Waals surface area (Å²) in [6.07, 6.45) is 2.98. The van der Waals surface area contributed by atoms with Crippen molar-refractivity contribution in [2.24, 2.45) is 25.0 Å². The van der Waals surface area contributed by atoms with Gasteiger partial charge in [0.1, 0.15) is 5.82 Å². The molecule has 1 aliphatic heterocycles. The van der Waals surface area contributed by atoms with Crippen molar-refractivity contribution in [3.63, 3.8) is 0 Å². The zero-order chi connectivity index (χ0) is 25.7. The zero-order valence-electron chi connectivity index (χ0n) is 20.8. The van der Waals surface area contributed by atoms with Gasteiger partial charge in [-0.3, -0.25) is 18.7 Å². The van der Waals surface area contributed by atoms with Crippen molar-refractivity contribution in [1.29, 1.82) is 0 Å². The van der Waals surface area contributed by atoms with Crippen molar-refractivity contribution in [2.75, 3.05) is 0 Å². The Kier molecular flexibility index (Phi) is 5.60. The minimum absolute atomic E-state index is 0.0344. The maximum atomic E-state index is 13.7. The van der Waals surface area contributed by atoms with Gasteiger partial charge in [0.25, 0.3) is 5.56 Å². The first-order valence-electron chi connectivity index (χ1n) is 12.6. The Morgan fingerprint density at radius 3 is 2.03 bits per heavy atom. The molecule has 0 fully saturated rings. The number of hydrogen-bond donors (Lipinski definition) is 0. The molecule has 3 aromatic carbocycles. The van der Waals surface area contributed by atoms with Crippen LogP contribution in [0.4, 0.5) is 5.82 Å². The van der Waals surface area contributed by atoms with E-state index in [9.17, 15) is 14.4 Å². The van der Waals surface area contributed by atoms with E-state index < -0.39 is 23.1 Å². The third kappa shape index (κ3) is 3.71. The molecule has 6 heteroatoms. The Bertz CT molecular complexity index is 1680. The van der Waals surface area contributed by atoms with Gasteiger partial charge in [-0.05, 0) is 36.0 Å². The van der Waals surface area contributed by atoms with Crippen molar-refractivity contribution >= 4 is 17.3 Å². The maximum Gasteiger partial charge on any atom is 0.332 e. The zero-order valence-corrected chi connectivity index (χ0v) is 20.8. The van der Waals surface area contributed by atoms with Gasteiger partial charge in [0.2, 0.25) is 0 Å². The number of aromatic nitrogens is 2. The summed E-state index contributed by atoms with van der Waals surface area (Å²) in [5.41, 5.74) is 5.00. The fourth-order valence-electron chi connectivity index (χ4n) is 5.76. The van der Waals surface area contributed by atoms with Crippen LogP contribution in [0.3, 0.4) is 0 Å². The van der Waals surface area contributed by atoms with Crippen LogP contribution in [-0.4, -0.2) is 20.6 Å². The van der Waals surface area contributed by atoms with Crippen LogP contribution in [-0.2, 0) is 26.9 Å². The highest BCUT2D eigenvalue weighted by molar-refractivity contribution is 6.30. The highest BCUT2D eigenvalue weighted by Crippen LogP contribution is 2.46. The van der Waals surface area contributed by atoms with Crippen LogP contribution in [0.2, 0.25) is 0 Å². The predicted molar refractivity (Wildman–Crippen MR) is 144 cm³/mol. The number of carbonyl (C=O) groups is 1. The molecule has 2 heterocycles. The quantitative estimate of drug-likeness (QED) is 0.419. The van der Waals surface area contributed by atoms with E-state index in [1.54, 1.807) is 7.05 Å². The number of rotatable bonds is 5. The van der Waals surface area contributed by atoms with Crippen molar-refractivity contribution in [3.05, 3.63) is 133 Å². The van der Waals surface area contributed by atoms with E-state index in [-0.39, 0.29) is 5.78 Å². The van der Waals surface area contributed by atoms with Crippen LogP contribution < -0.4 is 11.2 Å². The maximum absolute atomic E-state index is 13.7. The average molecular weight is 490 g/mol. The molecule has 0 saturated heterocycles. The van der Waals surface area contributed by atoms with Gasteiger partial charge in [-0.2, -0.15) is 0 Å². The molecule has 4 aromatic rings. The van der Waals surface area contributed by atoms with E-state index in [4.69, 9.17) is 4.99 Å². The first-order valence-corrected chi connectivity index (χ1v) is 12.6. The lowest BCUT2D eigenvalue weighted by Gasteiger charge is -2.30. The number of aryl methyl sites for hydroxylation is 2. The number of carbonyl (C=O) groups excluding carboxylic acids is 1. The first kappa shape index (κ1) is 23.1. The fraction of sp³-hybridized carbons (Fsp3) is 0.226. The van der Waals surface area contributed by atoms with Gasteiger partial charge >= 0.3 is 5.69 Å². The summed E-state index contributed by atoms with van der Waals surface area (Å²) in [6.45, 7) is 0. The summed E-state index contributed by atoms with van der Waals surface area (Å²) in [7, 11) is 3.10. The van der Waals surface area contributed by atoms with E-state index in [2.05, 4.69) is 36.4 Å². The number of fused-ring (bicyclic) bond motifs is 4. The molecular formula is C31H27N3O3. The number of aliphatic imine (C=N–C) groups is 1. The van der Waals surface area contributed by atoms with Crippen molar-refractivity contribution in [2.45, 2.75) is 25.2 Å². The molecule has 37 heavy (non-hydrogen) atoms. The second-order valence-electron chi connectivity index (χ2n) is 9.89. The Balaban J connectivity index is 1.41. The number of hydrogen-bond acceptors (Lipinski definition) is 4. The lowest BCUT2D eigenvalue weighted by Crippen LogP contribution is -2.43. The van der Waals surface area contributed by atoms with Crippen LogP contribution in [0.1, 0.15) is 50.5 Å². The molecule has 0 spiro atoms. The predicted octanol–water partition coefficient (Wildman–Crippen LogP) is 4.34. The Hall–Kier alpha value is -4.32. The van der Waals surface area contributed by atoms with Gasteiger partial charge in [0, 0.05) is 31.1 Å².